The van der Waals surface area contributed by atoms with Gasteiger partial charge in [0.05, 0.1) is 7.11 Å². The first-order valence-electron chi connectivity index (χ1n) is 8.32. The molecule has 0 heterocycles. The van der Waals surface area contributed by atoms with Crippen molar-refractivity contribution in [2.45, 2.75) is 20.3 Å². The Kier molecular flexibility index (Phi) is 6.33. The lowest BCUT2D eigenvalue weighted by atomic mass is 9.91. The summed E-state index contributed by atoms with van der Waals surface area (Å²) < 4.78 is 18.2. The minimum Gasteiger partial charge on any atom is -0.496 e. The van der Waals surface area contributed by atoms with Crippen molar-refractivity contribution in [1.82, 2.24) is 5.32 Å². The SMILES string of the molecule is COc1ccccc1CCNC(=O)C(C)(C)C(=O)Nc1ccc(F)cc1. The lowest BCUT2D eigenvalue weighted by Gasteiger charge is -2.23. The van der Waals surface area contributed by atoms with Crippen LogP contribution < -0.4 is 15.4 Å². The summed E-state index contributed by atoms with van der Waals surface area (Å²) in [5.41, 5.74) is 0.144. The van der Waals surface area contributed by atoms with Crippen LogP contribution in [0.4, 0.5) is 10.1 Å². The first kappa shape index (κ1) is 19.4. The quantitative estimate of drug-likeness (QED) is 0.747. The van der Waals surface area contributed by atoms with Crippen molar-refractivity contribution < 1.29 is 18.7 Å². The number of anilines is 1. The van der Waals surface area contributed by atoms with Crippen molar-refractivity contribution in [3.63, 3.8) is 0 Å². The number of hydrogen-bond donors (Lipinski definition) is 2. The van der Waals surface area contributed by atoms with Gasteiger partial charge in [-0.2, -0.15) is 0 Å². The van der Waals surface area contributed by atoms with E-state index in [1.54, 1.807) is 21.0 Å². The number of benzene rings is 2. The molecule has 0 saturated heterocycles. The highest BCUT2D eigenvalue weighted by molar-refractivity contribution is 6.09. The second-order valence-electron chi connectivity index (χ2n) is 6.40. The van der Waals surface area contributed by atoms with Crippen LogP contribution in [0.1, 0.15) is 19.4 Å². The number of hydrogen-bond acceptors (Lipinski definition) is 3. The summed E-state index contributed by atoms with van der Waals surface area (Å²) >= 11 is 0. The summed E-state index contributed by atoms with van der Waals surface area (Å²) in [6.07, 6.45) is 0.589. The third kappa shape index (κ3) is 4.81. The Labute approximate surface area is 152 Å². The molecule has 138 valence electrons. The fourth-order valence-electron chi connectivity index (χ4n) is 2.36. The predicted molar refractivity (Wildman–Crippen MR) is 98.5 cm³/mol. The van der Waals surface area contributed by atoms with E-state index in [1.165, 1.54) is 24.3 Å². The van der Waals surface area contributed by atoms with Gasteiger partial charge in [-0.15, -0.1) is 0 Å². The Bertz CT molecular complexity index is 773. The van der Waals surface area contributed by atoms with Crippen molar-refractivity contribution in [2.24, 2.45) is 5.41 Å². The molecule has 2 rings (SSSR count). The van der Waals surface area contributed by atoms with Gasteiger partial charge < -0.3 is 15.4 Å². The molecule has 2 amide bonds. The van der Waals surface area contributed by atoms with Gasteiger partial charge in [-0.3, -0.25) is 9.59 Å². The van der Waals surface area contributed by atoms with Gasteiger partial charge in [-0.1, -0.05) is 18.2 Å². The fraction of sp³-hybridized carbons (Fsp3) is 0.300. The van der Waals surface area contributed by atoms with Gasteiger partial charge >= 0.3 is 0 Å². The Balaban J connectivity index is 1.92. The molecule has 0 aliphatic carbocycles. The van der Waals surface area contributed by atoms with Crippen molar-refractivity contribution >= 4 is 17.5 Å². The Hall–Kier alpha value is -2.89. The minimum absolute atomic E-state index is 0.381. The van der Waals surface area contributed by atoms with Crippen LogP contribution >= 0.6 is 0 Å². The number of amides is 2. The van der Waals surface area contributed by atoms with Crippen LogP contribution in [0.25, 0.3) is 0 Å². The number of ether oxygens (including phenoxy) is 1. The molecule has 0 radical (unpaired) electrons. The lowest BCUT2D eigenvalue weighted by Crippen LogP contribution is -2.45. The van der Waals surface area contributed by atoms with Crippen LogP contribution in [-0.2, 0) is 16.0 Å². The van der Waals surface area contributed by atoms with E-state index in [-0.39, 0.29) is 5.91 Å². The molecule has 0 fully saturated rings. The van der Waals surface area contributed by atoms with E-state index in [4.69, 9.17) is 4.74 Å². The molecule has 0 aliphatic heterocycles. The number of nitrogens with one attached hydrogen (secondary N) is 2. The van der Waals surface area contributed by atoms with Gasteiger partial charge in [-0.05, 0) is 56.2 Å². The topological polar surface area (TPSA) is 67.4 Å². The van der Waals surface area contributed by atoms with Crippen molar-refractivity contribution in [3.8, 4) is 5.75 Å². The highest BCUT2D eigenvalue weighted by atomic mass is 19.1. The van der Waals surface area contributed by atoms with E-state index in [1.807, 2.05) is 24.3 Å². The van der Waals surface area contributed by atoms with E-state index in [2.05, 4.69) is 10.6 Å². The second kappa shape index (κ2) is 8.47. The summed E-state index contributed by atoms with van der Waals surface area (Å²) in [5.74, 6) is -0.475. The van der Waals surface area contributed by atoms with Crippen LogP contribution in [0.5, 0.6) is 5.75 Å². The molecule has 0 aromatic heterocycles. The van der Waals surface area contributed by atoms with Crippen molar-refractivity contribution in [2.75, 3.05) is 19.0 Å². The van der Waals surface area contributed by atoms with Crippen molar-refractivity contribution in [3.05, 3.63) is 59.9 Å². The van der Waals surface area contributed by atoms with Crippen LogP contribution in [0, 0.1) is 11.2 Å². The van der Waals surface area contributed by atoms with Crippen molar-refractivity contribution in [1.29, 1.82) is 0 Å². The summed E-state index contributed by atoms with van der Waals surface area (Å²) in [6, 6.07) is 13.0. The van der Waals surface area contributed by atoms with E-state index in [9.17, 15) is 14.0 Å². The standard InChI is InChI=1S/C20H23FN2O3/c1-20(2,19(25)23-16-10-8-15(21)9-11-16)18(24)22-13-12-14-6-4-5-7-17(14)26-3/h4-11H,12-13H2,1-3H3,(H,22,24)(H,23,25). The van der Waals surface area contributed by atoms with Gasteiger partial charge in [-0.25, -0.2) is 4.39 Å². The first-order chi connectivity index (χ1) is 12.3. The maximum atomic E-state index is 12.9. The molecule has 26 heavy (non-hydrogen) atoms. The third-order valence-electron chi connectivity index (χ3n) is 4.11. The number of methoxy groups -OCH3 is 1. The van der Waals surface area contributed by atoms with Gasteiger partial charge in [0.1, 0.15) is 17.0 Å². The summed E-state index contributed by atoms with van der Waals surface area (Å²) in [4.78, 5) is 24.8. The Morgan fingerprint density at radius 2 is 1.69 bits per heavy atom. The highest BCUT2D eigenvalue weighted by Crippen LogP contribution is 2.20. The zero-order valence-electron chi connectivity index (χ0n) is 15.1. The fourth-order valence-corrected chi connectivity index (χ4v) is 2.36. The molecular weight excluding hydrogens is 335 g/mol. The van der Waals surface area contributed by atoms with Crippen LogP contribution in [-0.4, -0.2) is 25.5 Å². The predicted octanol–water partition coefficient (Wildman–Crippen LogP) is 3.16. The maximum absolute atomic E-state index is 12.9. The number of carbonyl (C=O) groups is 2. The smallest absolute Gasteiger partial charge is 0.239 e. The molecule has 0 aliphatic rings. The molecule has 2 aromatic rings. The molecule has 2 N–H and O–H groups in total. The molecule has 6 heteroatoms. The maximum Gasteiger partial charge on any atom is 0.239 e. The zero-order valence-corrected chi connectivity index (χ0v) is 15.1. The molecule has 0 unspecified atom stereocenters. The molecule has 0 bridgehead atoms. The lowest BCUT2D eigenvalue weighted by molar-refractivity contribution is -0.138. The first-order valence-corrected chi connectivity index (χ1v) is 8.32. The van der Waals surface area contributed by atoms with Crippen LogP contribution in [0.2, 0.25) is 0 Å². The third-order valence-corrected chi connectivity index (χ3v) is 4.11. The number of halogens is 1. The number of para-hydroxylation sites is 1. The highest BCUT2D eigenvalue weighted by Gasteiger charge is 2.35. The largest absolute Gasteiger partial charge is 0.496 e. The monoisotopic (exact) mass is 358 g/mol. The van der Waals surface area contributed by atoms with E-state index in [0.29, 0.717) is 18.7 Å². The second-order valence-corrected chi connectivity index (χ2v) is 6.40. The van der Waals surface area contributed by atoms with E-state index in [0.717, 1.165) is 11.3 Å². The molecule has 5 nitrogen and oxygen atoms in total. The number of rotatable bonds is 7. The molecule has 0 atom stereocenters. The average Bonchev–Trinajstić information content (AvgIpc) is 2.63. The summed E-state index contributed by atoms with van der Waals surface area (Å²) in [7, 11) is 1.60. The van der Waals surface area contributed by atoms with Gasteiger partial charge in [0.2, 0.25) is 11.8 Å². The normalized spacial score (nSPS) is 10.9. The van der Waals surface area contributed by atoms with Crippen LogP contribution in [0.15, 0.2) is 48.5 Å². The summed E-state index contributed by atoms with van der Waals surface area (Å²) in [6.45, 7) is 3.47. The average molecular weight is 358 g/mol. The van der Waals surface area contributed by atoms with Gasteiger partial charge in [0.15, 0.2) is 0 Å². The minimum atomic E-state index is -1.27. The Morgan fingerprint density at radius 1 is 1.04 bits per heavy atom. The molecule has 2 aromatic carbocycles. The van der Waals surface area contributed by atoms with Crippen LogP contribution in [0.3, 0.4) is 0 Å². The summed E-state index contributed by atoms with van der Waals surface area (Å²) in [5, 5.41) is 5.41. The van der Waals surface area contributed by atoms with E-state index < -0.39 is 17.1 Å². The number of carbonyl (C=O) groups excluding carboxylic acids is 2. The molecule has 0 spiro atoms. The van der Waals surface area contributed by atoms with E-state index >= 15 is 0 Å². The molecular formula is C20H23FN2O3. The molecule has 0 saturated carbocycles. The van der Waals surface area contributed by atoms with Gasteiger partial charge in [0.25, 0.3) is 0 Å². The van der Waals surface area contributed by atoms with Gasteiger partial charge in [0, 0.05) is 12.2 Å². The zero-order chi connectivity index (χ0) is 19.2. The Morgan fingerprint density at radius 3 is 2.35 bits per heavy atom.